The summed E-state index contributed by atoms with van der Waals surface area (Å²) in [4.78, 5) is 10.2. The van der Waals surface area contributed by atoms with E-state index in [1.807, 2.05) is 133 Å². The zero-order valence-electron chi connectivity index (χ0n) is 23.7. The molecule has 2 heterocycles. The molecule has 5 nitrogen and oxygen atoms in total. The molecule has 7 rings (SSSR count). The fourth-order valence-corrected chi connectivity index (χ4v) is 8.27. The minimum absolute atomic E-state index is 0.350. The Bertz CT molecular complexity index is 2000. The number of allylic oxidation sites excluding steroid dienone is 1. The summed E-state index contributed by atoms with van der Waals surface area (Å²) in [6, 6.07) is 54.7. The van der Waals surface area contributed by atoms with Gasteiger partial charge in [0, 0.05) is 27.3 Å². The van der Waals surface area contributed by atoms with Crippen molar-refractivity contribution in [2.45, 2.75) is 0 Å². The van der Waals surface area contributed by atoms with Crippen LogP contribution < -0.4 is 10.6 Å². The second-order valence-corrected chi connectivity index (χ2v) is 12.9. The van der Waals surface area contributed by atoms with Gasteiger partial charge in [-0.1, -0.05) is 152 Å². The third-order valence-corrected chi connectivity index (χ3v) is 10.4. The van der Waals surface area contributed by atoms with E-state index in [0.717, 1.165) is 38.7 Å². The summed E-state index contributed by atoms with van der Waals surface area (Å²) in [5, 5.41) is 12.7. The molecule has 0 saturated carbocycles. The first-order valence-electron chi connectivity index (χ1n) is 14.3. The van der Waals surface area contributed by atoms with Gasteiger partial charge in [0.25, 0.3) is 0 Å². The van der Waals surface area contributed by atoms with Gasteiger partial charge in [0.05, 0.1) is 17.1 Å². The van der Waals surface area contributed by atoms with Crippen molar-refractivity contribution in [3.05, 3.63) is 175 Å². The highest BCUT2D eigenvalue weighted by molar-refractivity contribution is 7.80. The van der Waals surface area contributed by atoms with E-state index < -0.39 is 7.21 Å². The average Bonchev–Trinajstić information content (AvgIpc) is 3.12. The molecule has 1 aromatic heterocycles. The Morgan fingerprint density at radius 2 is 0.909 bits per heavy atom. The van der Waals surface area contributed by atoms with E-state index in [2.05, 4.69) is 30.3 Å². The first-order chi connectivity index (χ1) is 21.7. The molecule has 0 amide bonds. The van der Waals surface area contributed by atoms with Crippen LogP contribution in [0.2, 0.25) is 0 Å². The van der Waals surface area contributed by atoms with Crippen LogP contribution in [0.4, 0.5) is 0 Å². The Balaban J connectivity index is 1.60. The van der Waals surface area contributed by atoms with Gasteiger partial charge >= 0.3 is 0 Å². The quantitative estimate of drug-likeness (QED) is 0.185. The van der Waals surface area contributed by atoms with E-state index in [1.54, 1.807) is 0 Å². The van der Waals surface area contributed by atoms with Gasteiger partial charge in [0.15, 0.2) is 5.82 Å². The second-order valence-electron chi connectivity index (χ2n) is 10.2. The van der Waals surface area contributed by atoms with Crippen molar-refractivity contribution in [2.24, 2.45) is 9.51 Å². The number of benzene rings is 5. The Hall–Kier alpha value is -5.69. The number of aromatic nitrogens is 2. The lowest BCUT2D eigenvalue weighted by atomic mass is 10.0. The maximum atomic E-state index is 10.7. The fourth-order valence-electron chi connectivity index (χ4n) is 5.30. The molecule has 0 saturated heterocycles. The largest absolute Gasteiger partial charge is 0.234 e. The summed E-state index contributed by atoms with van der Waals surface area (Å²) in [5.74, 6) is 0.390. The van der Waals surface area contributed by atoms with Gasteiger partial charge in [-0.2, -0.15) is 5.26 Å². The van der Waals surface area contributed by atoms with Crippen LogP contribution in [0.3, 0.4) is 0 Å². The summed E-state index contributed by atoms with van der Waals surface area (Å²) in [7, 11) is -2.84. The third-order valence-electron chi connectivity index (χ3n) is 7.43. The molecule has 6 aromatic rings. The number of rotatable bonds is 6. The predicted octanol–water partition coefficient (Wildman–Crippen LogP) is 8.32. The summed E-state index contributed by atoms with van der Waals surface area (Å²) in [6.45, 7) is 0. The van der Waals surface area contributed by atoms with Crippen LogP contribution in [0.5, 0.6) is 0 Å². The maximum Gasteiger partial charge on any atom is 0.180 e. The molecule has 0 atom stereocenters. The molecular weight excluding hydrogens is 557 g/mol. The Labute approximate surface area is 256 Å². The highest BCUT2D eigenvalue weighted by atomic mass is 31.2. The summed E-state index contributed by atoms with van der Waals surface area (Å²) >= 11 is 0. The average molecular weight is 584 g/mol. The van der Waals surface area contributed by atoms with E-state index in [0.29, 0.717) is 22.8 Å². The van der Waals surface area contributed by atoms with E-state index in [4.69, 9.17) is 19.5 Å². The van der Waals surface area contributed by atoms with Crippen molar-refractivity contribution in [3.63, 3.8) is 0 Å². The predicted molar refractivity (Wildman–Crippen MR) is 180 cm³/mol. The van der Waals surface area contributed by atoms with Crippen molar-refractivity contribution in [3.8, 4) is 28.6 Å². The molecule has 5 aromatic carbocycles. The first kappa shape index (κ1) is 27.2. The zero-order valence-corrected chi connectivity index (χ0v) is 24.6. The van der Waals surface area contributed by atoms with Crippen molar-refractivity contribution in [1.29, 1.82) is 5.26 Å². The zero-order chi connectivity index (χ0) is 29.8. The third kappa shape index (κ3) is 5.09. The summed E-state index contributed by atoms with van der Waals surface area (Å²) in [5.41, 5.74) is 5.63. The molecule has 0 radical (unpaired) electrons. The lowest BCUT2D eigenvalue weighted by Crippen LogP contribution is -2.21. The van der Waals surface area contributed by atoms with Crippen LogP contribution in [-0.4, -0.2) is 15.7 Å². The van der Waals surface area contributed by atoms with Gasteiger partial charge in [0.1, 0.15) is 24.5 Å². The molecule has 0 aliphatic carbocycles. The van der Waals surface area contributed by atoms with E-state index in [1.165, 1.54) is 0 Å². The number of nitrogens with zero attached hydrogens (tertiary/aromatic N) is 5. The molecule has 6 heteroatoms. The van der Waals surface area contributed by atoms with Crippen LogP contribution in [0.25, 0.3) is 28.2 Å². The minimum atomic E-state index is -2.84. The standard InChI is InChI=1S/C38H26N5P/c39-27-33-36(30-20-10-3-11-21-30)42-44(31-22-12-4-13-23-31,32-24-14-5-15-25-32)43-37(33)38-40-34(28-16-6-1-7-17-28)26-35(41-38)29-18-8-2-9-19-29/h1-26H. The van der Waals surface area contributed by atoms with E-state index >= 15 is 0 Å². The van der Waals surface area contributed by atoms with Crippen LogP contribution in [-0.2, 0) is 0 Å². The molecule has 0 N–H and O–H groups in total. The molecule has 0 bridgehead atoms. The monoisotopic (exact) mass is 583 g/mol. The molecular formula is C38H26N5P. The number of hydrogen-bond donors (Lipinski definition) is 0. The van der Waals surface area contributed by atoms with Gasteiger partial charge in [-0.3, -0.25) is 0 Å². The van der Waals surface area contributed by atoms with Gasteiger partial charge in [-0.15, -0.1) is 0 Å². The highest BCUT2D eigenvalue weighted by Gasteiger charge is 2.34. The van der Waals surface area contributed by atoms with Crippen molar-refractivity contribution in [2.75, 3.05) is 0 Å². The summed E-state index contributed by atoms with van der Waals surface area (Å²) in [6.07, 6.45) is 0. The molecule has 1 aliphatic heterocycles. The molecule has 44 heavy (non-hydrogen) atoms. The molecule has 208 valence electrons. The molecule has 0 spiro atoms. The lowest BCUT2D eigenvalue weighted by Gasteiger charge is -2.27. The van der Waals surface area contributed by atoms with E-state index in [9.17, 15) is 5.26 Å². The van der Waals surface area contributed by atoms with Crippen LogP contribution >= 0.6 is 7.21 Å². The molecule has 0 unspecified atom stereocenters. The van der Waals surface area contributed by atoms with Gasteiger partial charge in [0.2, 0.25) is 0 Å². The highest BCUT2D eigenvalue weighted by Crippen LogP contribution is 2.55. The van der Waals surface area contributed by atoms with Crippen LogP contribution in [0.15, 0.2) is 173 Å². The molecule has 1 aliphatic rings. The van der Waals surface area contributed by atoms with Crippen molar-refractivity contribution >= 4 is 29.2 Å². The fraction of sp³-hybridized carbons (Fsp3) is 0. The van der Waals surface area contributed by atoms with E-state index in [-0.39, 0.29) is 0 Å². The Morgan fingerprint density at radius 1 is 0.500 bits per heavy atom. The lowest BCUT2D eigenvalue weighted by molar-refractivity contribution is 1.11. The normalized spacial score (nSPS) is 13.8. The second kappa shape index (κ2) is 11.9. The Morgan fingerprint density at radius 3 is 1.34 bits per heavy atom. The Kier molecular flexibility index (Phi) is 7.34. The SMILES string of the molecule is N#CC1=C(c2nc(-c3ccccc3)cc(-c3ccccc3)n2)N=P(c2ccccc2)(c2ccccc2)N=C1c1ccccc1. The smallest absolute Gasteiger partial charge is 0.180 e. The van der Waals surface area contributed by atoms with Gasteiger partial charge in [-0.05, 0) is 6.07 Å². The maximum absolute atomic E-state index is 10.7. The first-order valence-corrected chi connectivity index (χ1v) is 16.0. The number of nitriles is 1. The van der Waals surface area contributed by atoms with Crippen molar-refractivity contribution in [1.82, 2.24) is 9.97 Å². The topological polar surface area (TPSA) is 74.3 Å². The minimum Gasteiger partial charge on any atom is -0.234 e. The summed E-state index contributed by atoms with van der Waals surface area (Å²) < 4.78 is 10.9. The van der Waals surface area contributed by atoms with Crippen LogP contribution in [0, 0.1) is 11.3 Å². The van der Waals surface area contributed by atoms with Crippen molar-refractivity contribution < 1.29 is 0 Å². The van der Waals surface area contributed by atoms with Crippen LogP contribution in [0.1, 0.15) is 11.4 Å². The molecule has 0 fully saturated rings. The number of hydrogen-bond acceptors (Lipinski definition) is 5. The van der Waals surface area contributed by atoms with Gasteiger partial charge < -0.3 is 0 Å². The van der Waals surface area contributed by atoms with Gasteiger partial charge in [-0.25, -0.2) is 19.5 Å².